The van der Waals surface area contributed by atoms with Crippen LogP contribution >= 0.6 is 11.6 Å². The molecule has 0 unspecified atom stereocenters. The molecule has 3 rings (SSSR count). The summed E-state index contributed by atoms with van der Waals surface area (Å²) in [5, 5.41) is 3.24. The van der Waals surface area contributed by atoms with Gasteiger partial charge in [0.05, 0.1) is 0 Å². The zero-order valence-corrected chi connectivity index (χ0v) is 15.6. The third kappa shape index (κ3) is 4.98. The van der Waals surface area contributed by atoms with Crippen molar-refractivity contribution < 1.29 is 14.0 Å². The van der Waals surface area contributed by atoms with E-state index in [9.17, 15) is 14.0 Å². The third-order valence-electron chi connectivity index (χ3n) is 4.57. The first-order valence-electron chi connectivity index (χ1n) is 8.85. The maximum absolute atomic E-state index is 13.6. The number of hydrogen-bond donors (Lipinski definition) is 1. The zero-order valence-electron chi connectivity index (χ0n) is 14.8. The molecule has 0 aromatic heterocycles. The summed E-state index contributed by atoms with van der Waals surface area (Å²) >= 11 is 6.02. The molecule has 1 aliphatic rings. The van der Waals surface area contributed by atoms with Crippen molar-refractivity contribution >= 4 is 29.1 Å². The van der Waals surface area contributed by atoms with E-state index in [1.165, 1.54) is 6.07 Å². The van der Waals surface area contributed by atoms with Crippen LogP contribution in [0.2, 0.25) is 5.02 Å². The lowest BCUT2D eigenvalue weighted by molar-refractivity contribution is -0.146. The fraction of sp³-hybridized carbons (Fsp3) is 0.300. The molecule has 0 atom stereocenters. The van der Waals surface area contributed by atoms with E-state index in [2.05, 4.69) is 10.2 Å². The second kappa shape index (κ2) is 8.86. The van der Waals surface area contributed by atoms with Crippen LogP contribution in [0.5, 0.6) is 0 Å². The average molecular weight is 390 g/mol. The molecule has 2 aromatic carbocycles. The summed E-state index contributed by atoms with van der Waals surface area (Å²) in [5.74, 6) is -1.51. The van der Waals surface area contributed by atoms with Crippen molar-refractivity contribution in [2.24, 2.45) is 0 Å². The molecule has 2 aromatic rings. The molecule has 0 bridgehead atoms. The predicted octanol–water partition coefficient (Wildman–Crippen LogP) is 2.49. The second-order valence-corrected chi connectivity index (χ2v) is 6.79. The minimum atomic E-state index is -0.650. The van der Waals surface area contributed by atoms with Crippen LogP contribution in [-0.4, -0.2) is 49.4 Å². The maximum atomic E-state index is 13.6. The van der Waals surface area contributed by atoms with Crippen LogP contribution in [0.1, 0.15) is 5.56 Å². The van der Waals surface area contributed by atoms with Crippen molar-refractivity contribution in [3.05, 3.63) is 64.9 Å². The lowest BCUT2D eigenvalue weighted by Crippen LogP contribution is -2.52. The summed E-state index contributed by atoms with van der Waals surface area (Å²) in [7, 11) is 0. The molecule has 7 heteroatoms. The van der Waals surface area contributed by atoms with Gasteiger partial charge < -0.3 is 15.1 Å². The Kier molecular flexibility index (Phi) is 6.29. The van der Waals surface area contributed by atoms with Crippen LogP contribution in [0.4, 0.5) is 10.1 Å². The van der Waals surface area contributed by atoms with Gasteiger partial charge in [-0.25, -0.2) is 4.39 Å². The van der Waals surface area contributed by atoms with Crippen LogP contribution in [0.25, 0.3) is 0 Å². The molecule has 2 amide bonds. The number of hydrogen-bond acceptors (Lipinski definition) is 3. The number of nitrogens with one attached hydrogen (secondary N) is 1. The largest absolute Gasteiger partial charge is 0.368 e. The minimum Gasteiger partial charge on any atom is -0.368 e. The molecule has 1 N–H and O–H groups in total. The van der Waals surface area contributed by atoms with Crippen molar-refractivity contribution in [1.82, 2.24) is 10.2 Å². The van der Waals surface area contributed by atoms with Gasteiger partial charge in [0, 0.05) is 43.4 Å². The molecule has 0 spiro atoms. The Hall–Kier alpha value is -2.60. The lowest BCUT2D eigenvalue weighted by atomic mass is 10.1. The highest BCUT2D eigenvalue weighted by atomic mass is 35.5. The smallest absolute Gasteiger partial charge is 0.312 e. The van der Waals surface area contributed by atoms with Crippen molar-refractivity contribution in [3.63, 3.8) is 0 Å². The molecule has 5 nitrogen and oxygen atoms in total. The number of piperazine rings is 1. The molecule has 0 radical (unpaired) electrons. The summed E-state index contributed by atoms with van der Waals surface area (Å²) in [6.45, 7) is 2.41. The Balaban J connectivity index is 1.46. The number of anilines is 1. The summed E-state index contributed by atoms with van der Waals surface area (Å²) < 4.78 is 13.6. The summed E-state index contributed by atoms with van der Waals surface area (Å²) in [4.78, 5) is 28.1. The Labute approximate surface area is 162 Å². The van der Waals surface area contributed by atoms with E-state index in [0.29, 0.717) is 43.2 Å². The van der Waals surface area contributed by atoms with Crippen LogP contribution in [0.3, 0.4) is 0 Å². The van der Waals surface area contributed by atoms with E-state index in [1.807, 2.05) is 24.3 Å². The first-order valence-corrected chi connectivity index (χ1v) is 9.23. The Morgan fingerprint density at radius 1 is 1.04 bits per heavy atom. The third-order valence-corrected chi connectivity index (χ3v) is 4.81. The summed E-state index contributed by atoms with van der Waals surface area (Å²) in [6, 6.07) is 14.0. The fourth-order valence-electron chi connectivity index (χ4n) is 3.07. The van der Waals surface area contributed by atoms with Crippen LogP contribution in [0.15, 0.2) is 48.5 Å². The first-order chi connectivity index (χ1) is 13.0. The number of halogens is 2. The number of carbonyl (C=O) groups is 2. The molecule has 0 aliphatic carbocycles. The van der Waals surface area contributed by atoms with Gasteiger partial charge >= 0.3 is 11.8 Å². The maximum Gasteiger partial charge on any atom is 0.312 e. The predicted molar refractivity (Wildman–Crippen MR) is 103 cm³/mol. The van der Waals surface area contributed by atoms with E-state index in [1.54, 1.807) is 23.1 Å². The van der Waals surface area contributed by atoms with E-state index in [4.69, 9.17) is 11.6 Å². The molecule has 142 valence electrons. The molecule has 1 fully saturated rings. The summed E-state index contributed by atoms with van der Waals surface area (Å²) in [6.07, 6.45) is 0.342. The van der Waals surface area contributed by atoms with Crippen molar-refractivity contribution in [2.75, 3.05) is 37.6 Å². The monoisotopic (exact) mass is 389 g/mol. The molecule has 1 aliphatic heterocycles. The summed E-state index contributed by atoms with van der Waals surface area (Å²) in [5.41, 5.74) is 1.52. The zero-order chi connectivity index (χ0) is 19.2. The number of nitrogens with zero attached hydrogens (tertiary/aromatic N) is 2. The highest BCUT2D eigenvalue weighted by Crippen LogP contribution is 2.20. The molecular formula is C20H21ClFN3O2. The van der Waals surface area contributed by atoms with E-state index in [-0.39, 0.29) is 12.4 Å². The van der Waals surface area contributed by atoms with Gasteiger partial charge in [0.2, 0.25) is 0 Å². The Bertz CT molecular complexity index is 822. The quantitative estimate of drug-likeness (QED) is 0.817. The molecular weight excluding hydrogens is 369 g/mol. The van der Waals surface area contributed by atoms with Gasteiger partial charge in [0.15, 0.2) is 0 Å². The lowest BCUT2D eigenvalue weighted by Gasteiger charge is -2.35. The fourth-order valence-corrected chi connectivity index (χ4v) is 3.26. The van der Waals surface area contributed by atoms with Gasteiger partial charge in [-0.3, -0.25) is 9.59 Å². The number of amides is 2. The molecule has 1 saturated heterocycles. The first kappa shape index (κ1) is 19.2. The van der Waals surface area contributed by atoms with Gasteiger partial charge in [-0.05, 0) is 36.2 Å². The van der Waals surface area contributed by atoms with Crippen molar-refractivity contribution in [2.45, 2.75) is 6.42 Å². The number of benzene rings is 2. The second-order valence-electron chi connectivity index (χ2n) is 6.36. The normalized spacial score (nSPS) is 14.1. The van der Waals surface area contributed by atoms with E-state index < -0.39 is 11.8 Å². The van der Waals surface area contributed by atoms with Crippen LogP contribution in [-0.2, 0) is 16.0 Å². The van der Waals surface area contributed by atoms with E-state index >= 15 is 0 Å². The van der Waals surface area contributed by atoms with Gasteiger partial charge in [-0.15, -0.1) is 0 Å². The van der Waals surface area contributed by atoms with Gasteiger partial charge in [-0.1, -0.05) is 35.9 Å². The molecule has 0 saturated carbocycles. The minimum absolute atomic E-state index is 0.216. The Morgan fingerprint density at radius 3 is 2.48 bits per heavy atom. The topological polar surface area (TPSA) is 52.7 Å². The highest BCUT2D eigenvalue weighted by Gasteiger charge is 2.26. The van der Waals surface area contributed by atoms with Crippen molar-refractivity contribution in [1.29, 1.82) is 0 Å². The molecule has 27 heavy (non-hydrogen) atoms. The van der Waals surface area contributed by atoms with Gasteiger partial charge in [0.1, 0.15) is 5.82 Å². The Morgan fingerprint density at radius 2 is 1.78 bits per heavy atom. The number of carbonyl (C=O) groups excluding carboxylic acids is 2. The van der Waals surface area contributed by atoms with Crippen LogP contribution in [0, 0.1) is 5.82 Å². The highest BCUT2D eigenvalue weighted by molar-refractivity contribution is 6.35. The van der Waals surface area contributed by atoms with E-state index in [0.717, 1.165) is 5.69 Å². The number of rotatable bonds is 4. The van der Waals surface area contributed by atoms with Crippen molar-refractivity contribution in [3.8, 4) is 0 Å². The SMILES string of the molecule is O=C(NCCc1ccccc1F)C(=O)N1CCN(c2cccc(Cl)c2)CC1. The standard InChI is InChI=1S/C20H21ClFN3O2/c21-16-5-3-6-17(14-16)24-10-12-25(13-11-24)20(27)19(26)23-9-8-15-4-1-2-7-18(15)22/h1-7,14H,8-13H2,(H,23,26). The van der Waals surface area contributed by atoms with Gasteiger partial charge in [0.25, 0.3) is 0 Å². The average Bonchev–Trinajstić information content (AvgIpc) is 2.69. The van der Waals surface area contributed by atoms with Gasteiger partial charge in [-0.2, -0.15) is 0 Å². The molecule has 1 heterocycles. The van der Waals surface area contributed by atoms with Crippen LogP contribution < -0.4 is 10.2 Å².